The molecule has 1 aromatic heterocycles. The van der Waals surface area contributed by atoms with Crippen molar-refractivity contribution >= 4 is 5.95 Å². The molecule has 2 heterocycles. The fourth-order valence-electron chi connectivity index (χ4n) is 2.40. The number of anilines is 1. The lowest BCUT2D eigenvalue weighted by molar-refractivity contribution is 0.0984. The Balaban J connectivity index is 1.96. The minimum absolute atomic E-state index is 0.129. The molecule has 0 bridgehead atoms. The Bertz CT molecular complexity index is 355. The Hall–Kier alpha value is -1.20. The second kappa shape index (κ2) is 5.63. The molecule has 5 nitrogen and oxygen atoms in total. The van der Waals surface area contributed by atoms with Crippen LogP contribution in [0.2, 0.25) is 0 Å². The average molecular weight is 249 g/mol. The van der Waals surface area contributed by atoms with Crippen molar-refractivity contribution in [3.8, 4) is 0 Å². The normalized spacial score (nSPS) is 20.7. The highest BCUT2D eigenvalue weighted by molar-refractivity contribution is 5.29. The Kier molecular flexibility index (Phi) is 4.14. The maximum atomic E-state index is 5.91. The molecule has 2 rings (SSSR count). The van der Waals surface area contributed by atoms with Crippen LogP contribution >= 0.6 is 0 Å². The SMILES string of the molecule is CCC(C)(CN)N1CCN(c2ncccn2)CC1. The zero-order chi connectivity index (χ0) is 13.0. The Labute approximate surface area is 109 Å². The molecule has 1 unspecified atom stereocenters. The smallest absolute Gasteiger partial charge is 0.225 e. The van der Waals surface area contributed by atoms with Crippen LogP contribution in [0.25, 0.3) is 0 Å². The van der Waals surface area contributed by atoms with Gasteiger partial charge in [-0.2, -0.15) is 0 Å². The lowest BCUT2D eigenvalue weighted by atomic mass is 9.95. The average Bonchev–Trinajstić information content (AvgIpc) is 2.47. The molecule has 1 aromatic rings. The second-order valence-electron chi connectivity index (χ2n) is 5.08. The van der Waals surface area contributed by atoms with Gasteiger partial charge in [0.2, 0.25) is 5.95 Å². The van der Waals surface area contributed by atoms with E-state index in [4.69, 9.17) is 5.73 Å². The summed E-state index contributed by atoms with van der Waals surface area (Å²) >= 11 is 0. The first-order chi connectivity index (χ1) is 8.69. The van der Waals surface area contributed by atoms with Crippen molar-refractivity contribution in [1.82, 2.24) is 14.9 Å². The Morgan fingerprint density at radius 1 is 1.22 bits per heavy atom. The van der Waals surface area contributed by atoms with Gasteiger partial charge in [0.15, 0.2) is 0 Å². The first-order valence-electron chi connectivity index (χ1n) is 6.66. The van der Waals surface area contributed by atoms with Crippen LogP contribution in [-0.2, 0) is 0 Å². The predicted molar refractivity (Wildman–Crippen MR) is 73.6 cm³/mol. The van der Waals surface area contributed by atoms with Crippen LogP contribution in [0.3, 0.4) is 0 Å². The second-order valence-corrected chi connectivity index (χ2v) is 5.08. The van der Waals surface area contributed by atoms with Crippen molar-refractivity contribution in [3.63, 3.8) is 0 Å². The molecule has 0 aromatic carbocycles. The molecule has 5 heteroatoms. The van der Waals surface area contributed by atoms with Gasteiger partial charge in [0.05, 0.1) is 0 Å². The molecule has 2 N–H and O–H groups in total. The minimum Gasteiger partial charge on any atom is -0.338 e. The molecule has 0 amide bonds. The minimum atomic E-state index is 0.129. The quantitative estimate of drug-likeness (QED) is 0.852. The summed E-state index contributed by atoms with van der Waals surface area (Å²) in [7, 11) is 0. The van der Waals surface area contributed by atoms with Gasteiger partial charge in [0, 0.05) is 50.7 Å². The Morgan fingerprint density at radius 2 is 1.83 bits per heavy atom. The van der Waals surface area contributed by atoms with Gasteiger partial charge in [-0.25, -0.2) is 9.97 Å². The summed E-state index contributed by atoms with van der Waals surface area (Å²) in [5, 5.41) is 0. The van der Waals surface area contributed by atoms with Crippen molar-refractivity contribution in [2.24, 2.45) is 5.73 Å². The van der Waals surface area contributed by atoms with E-state index in [1.54, 1.807) is 12.4 Å². The third kappa shape index (κ3) is 2.62. The molecule has 0 spiro atoms. The molecule has 100 valence electrons. The van der Waals surface area contributed by atoms with E-state index in [0.717, 1.165) is 38.5 Å². The van der Waals surface area contributed by atoms with Crippen LogP contribution in [-0.4, -0.2) is 53.1 Å². The van der Waals surface area contributed by atoms with Crippen LogP contribution in [0, 0.1) is 0 Å². The van der Waals surface area contributed by atoms with Crippen LogP contribution < -0.4 is 10.6 Å². The summed E-state index contributed by atoms with van der Waals surface area (Å²) in [6.45, 7) is 9.17. The summed E-state index contributed by atoms with van der Waals surface area (Å²) in [4.78, 5) is 13.3. The number of hydrogen-bond donors (Lipinski definition) is 1. The molecule has 1 atom stereocenters. The maximum Gasteiger partial charge on any atom is 0.225 e. The van der Waals surface area contributed by atoms with E-state index >= 15 is 0 Å². The third-order valence-electron chi connectivity index (χ3n) is 4.08. The molecule has 0 saturated carbocycles. The zero-order valence-electron chi connectivity index (χ0n) is 11.3. The van der Waals surface area contributed by atoms with E-state index in [-0.39, 0.29) is 5.54 Å². The first-order valence-corrected chi connectivity index (χ1v) is 6.66. The van der Waals surface area contributed by atoms with E-state index in [1.807, 2.05) is 6.07 Å². The van der Waals surface area contributed by atoms with E-state index in [1.165, 1.54) is 0 Å². The van der Waals surface area contributed by atoms with Gasteiger partial charge in [0.25, 0.3) is 0 Å². The predicted octanol–water partition coefficient (Wildman–Crippen LogP) is 0.726. The molecule has 1 aliphatic heterocycles. The fraction of sp³-hybridized carbons (Fsp3) is 0.692. The van der Waals surface area contributed by atoms with Crippen LogP contribution in [0.5, 0.6) is 0 Å². The van der Waals surface area contributed by atoms with Crippen molar-refractivity contribution in [2.45, 2.75) is 25.8 Å². The standard InChI is InChI=1S/C13H23N5/c1-3-13(2,11-14)18-9-7-17(8-10-18)12-15-5-4-6-16-12/h4-6H,3,7-11,14H2,1-2H3. The lowest BCUT2D eigenvalue weighted by Gasteiger charge is -2.45. The zero-order valence-corrected chi connectivity index (χ0v) is 11.3. The molecule has 1 saturated heterocycles. The largest absolute Gasteiger partial charge is 0.338 e. The highest BCUT2D eigenvalue weighted by Gasteiger charge is 2.31. The highest BCUT2D eigenvalue weighted by atomic mass is 15.3. The van der Waals surface area contributed by atoms with Crippen molar-refractivity contribution in [3.05, 3.63) is 18.5 Å². The number of nitrogens with two attached hydrogens (primary N) is 1. The number of hydrogen-bond acceptors (Lipinski definition) is 5. The molecular weight excluding hydrogens is 226 g/mol. The summed E-state index contributed by atoms with van der Waals surface area (Å²) in [6, 6.07) is 1.85. The van der Waals surface area contributed by atoms with Gasteiger partial charge in [0.1, 0.15) is 0 Å². The third-order valence-corrected chi connectivity index (χ3v) is 4.08. The van der Waals surface area contributed by atoms with Crippen molar-refractivity contribution in [2.75, 3.05) is 37.6 Å². The monoisotopic (exact) mass is 249 g/mol. The van der Waals surface area contributed by atoms with E-state index in [0.29, 0.717) is 6.54 Å². The van der Waals surface area contributed by atoms with Crippen LogP contribution in [0.4, 0.5) is 5.95 Å². The topological polar surface area (TPSA) is 58.3 Å². The van der Waals surface area contributed by atoms with Gasteiger partial charge in [-0.1, -0.05) is 6.92 Å². The number of piperazine rings is 1. The van der Waals surface area contributed by atoms with E-state index in [9.17, 15) is 0 Å². The van der Waals surface area contributed by atoms with Gasteiger partial charge in [-0.05, 0) is 19.4 Å². The summed E-state index contributed by atoms with van der Waals surface area (Å²) < 4.78 is 0. The highest BCUT2D eigenvalue weighted by Crippen LogP contribution is 2.21. The number of nitrogens with zero attached hydrogens (tertiary/aromatic N) is 4. The molecule has 0 radical (unpaired) electrons. The molecule has 18 heavy (non-hydrogen) atoms. The summed E-state index contributed by atoms with van der Waals surface area (Å²) in [5.41, 5.74) is 6.04. The van der Waals surface area contributed by atoms with Crippen LogP contribution in [0.1, 0.15) is 20.3 Å². The fourth-order valence-corrected chi connectivity index (χ4v) is 2.40. The van der Waals surface area contributed by atoms with Gasteiger partial charge in [-0.15, -0.1) is 0 Å². The van der Waals surface area contributed by atoms with Crippen molar-refractivity contribution < 1.29 is 0 Å². The lowest BCUT2D eigenvalue weighted by Crippen LogP contribution is -2.58. The molecule has 1 fully saturated rings. The molecule has 0 aliphatic carbocycles. The van der Waals surface area contributed by atoms with Gasteiger partial charge >= 0.3 is 0 Å². The number of aromatic nitrogens is 2. The molecular formula is C13H23N5. The van der Waals surface area contributed by atoms with Gasteiger partial charge < -0.3 is 10.6 Å². The van der Waals surface area contributed by atoms with Gasteiger partial charge in [-0.3, -0.25) is 4.90 Å². The summed E-state index contributed by atoms with van der Waals surface area (Å²) in [6.07, 6.45) is 4.68. The Morgan fingerprint density at radius 3 is 2.33 bits per heavy atom. The van der Waals surface area contributed by atoms with Crippen LogP contribution in [0.15, 0.2) is 18.5 Å². The van der Waals surface area contributed by atoms with Crippen molar-refractivity contribution in [1.29, 1.82) is 0 Å². The molecule has 1 aliphatic rings. The van der Waals surface area contributed by atoms with E-state index in [2.05, 4.69) is 33.6 Å². The van der Waals surface area contributed by atoms with E-state index < -0.39 is 0 Å². The number of rotatable bonds is 4. The summed E-state index contributed by atoms with van der Waals surface area (Å²) in [5.74, 6) is 0.836. The maximum absolute atomic E-state index is 5.91. The first kappa shape index (κ1) is 13.2.